The van der Waals surface area contributed by atoms with Crippen molar-refractivity contribution in [2.45, 2.75) is 25.9 Å². The molecule has 0 saturated carbocycles. The van der Waals surface area contributed by atoms with E-state index >= 15 is 0 Å². The average Bonchev–Trinajstić information content (AvgIpc) is 2.01. The van der Waals surface area contributed by atoms with E-state index in [0.29, 0.717) is 12.7 Å². The van der Waals surface area contributed by atoms with E-state index < -0.39 is 5.60 Å². The fourth-order valence-electron chi connectivity index (χ4n) is 0.933. The van der Waals surface area contributed by atoms with Crippen LogP contribution in [0, 0.1) is 5.92 Å². The maximum Gasteiger partial charge on any atom is 0.142 e. The van der Waals surface area contributed by atoms with Crippen LogP contribution in [0.15, 0.2) is 24.8 Å². The second kappa shape index (κ2) is 4.88. The van der Waals surface area contributed by atoms with Gasteiger partial charge in [-0.2, -0.15) is 0 Å². The molecule has 0 aliphatic carbocycles. The second-order valence-corrected chi connectivity index (χ2v) is 3.13. The summed E-state index contributed by atoms with van der Waals surface area (Å²) in [4.78, 5) is 10.1. The van der Waals surface area contributed by atoms with Gasteiger partial charge in [0.2, 0.25) is 0 Å². The lowest BCUT2D eigenvalue weighted by Gasteiger charge is -2.27. The zero-order valence-electron chi connectivity index (χ0n) is 7.66. The minimum atomic E-state index is -0.928. The van der Waals surface area contributed by atoms with Crippen molar-refractivity contribution in [2.24, 2.45) is 5.92 Å². The Bertz CT molecular complexity index is 182. The smallest absolute Gasteiger partial charge is 0.142 e. The lowest BCUT2D eigenvalue weighted by Crippen LogP contribution is -2.31. The topological polar surface area (TPSA) is 37.3 Å². The van der Waals surface area contributed by atoms with Crippen LogP contribution in [0.25, 0.3) is 0 Å². The Kier molecular flexibility index (Phi) is 4.52. The lowest BCUT2D eigenvalue weighted by molar-refractivity contribution is -0.104. The molecule has 0 heterocycles. The molecule has 2 heteroatoms. The maximum atomic E-state index is 10.1. The van der Waals surface area contributed by atoms with Crippen LogP contribution in [0.2, 0.25) is 0 Å². The molecule has 0 bridgehead atoms. The van der Waals surface area contributed by atoms with Crippen LogP contribution in [0.3, 0.4) is 0 Å². The molecule has 0 radical (unpaired) electrons. The summed E-state index contributed by atoms with van der Waals surface area (Å²) >= 11 is 0. The van der Waals surface area contributed by atoms with E-state index in [1.165, 1.54) is 12.2 Å². The van der Waals surface area contributed by atoms with Gasteiger partial charge in [0.05, 0.1) is 5.60 Å². The van der Waals surface area contributed by atoms with E-state index in [1.54, 1.807) is 6.08 Å². The summed E-state index contributed by atoms with van der Waals surface area (Å²) in [5.41, 5.74) is -0.928. The predicted octanol–water partition coefficient (Wildman–Crippen LogP) is 1.70. The largest absolute Gasteiger partial charge is 0.385 e. The number of carbonyl (C=O) groups excluding carboxylic acids is 1. The second-order valence-electron chi connectivity index (χ2n) is 3.13. The number of allylic oxidation sites excluding steroid dienone is 1. The quantitative estimate of drug-likeness (QED) is 0.385. The molecule has 0 fully saturated rings. The minimum Gasteiger partial charge on any atom is -0.385 e. The van der Waals surface area contributed by atoms with Crippen molar-refractivity contribution in [3.63, 3.8) is 0 Å². The molecule has 1 unspecified atom stereocenters. The van der Waals surface area contributed by atoms with Crippen molar-refractivity contribution in [1.82, 2.24) is 0 Å². The van der Waals surface area contributed by atoms with Gasteiger partial charge >= 0.3 is 0 Å². The molecule has 0 spiro atoms. The van der Waals surface area contributed by atoms with E-state index in [0.717, 1.165) is 0 Å². The predicted molar refractivity (Wildman–Crippen MR) is 49.8 cm³/mol. The summed E-state index contributed by atoms with van der Waals surface area (Å²) in [6, 6.07) is 0. The molecule has 0 aromatic heterocycles. The number of rotatable bonds is 5. The average molecular weight is 168 g/mol. The molecule has 68 valence electrons. The molecule has 0 amide bonds. The summed E-state index contributed by atoms with van der Waals surface area (Å²) in [7, 11) is 0. The molecule has 0 aliphatic heterocycles. The van der Waals surface area contributed by atoms with Gasteiger partial charge in [-0.3, -0.25) is 4.79 Å². The molecule has 0 aliphatic rings. The van der Waals surface area contributed by atoms with Gasteiger partial charge in [0.1, 0.15) is 6.29 Å². The van der Waals surface area contributed by atoms with Crippen molar-refractivity contribution in [1.29, 1.82) is 0 Å². The van der Waals surface area contributed by atoms with Gasteiger partial charge in [-0.1, -0.05) is 19.9 Å². The Labute approximate surface area is 73.6 Å². The van der Waals surface area contributed by atoms with E-state index in [9.17, 15) is 9.90 Å². The zero-order valence-corrected chi connectivity index (χ0v) is 7.66. The number of aliphatic hydroxyl groups is 1. The third-order valence-corrected chi connectivity index (χ3v) is 1.93. The van der Waals surface area contributed by atoms with E-state index in [1.807, 2.05) is 13.8 Å². The summed E-state index contributed by atoms with van der Waals surface area (Å²) in [5.74, 6) is 0.0756. The summed E-state index contributed by atoms with van der Waals surface area (Å²) in [6.45, 7) is 7.36. The first kappa shape index (κ1) is 11.1. The van der Waals surface area contributed by atoms with Gasteiger partial charge in [0.15, 0.2) is 0 Å². The van der Waals surface area contributed by atoms with Gasteiger partial charge in [-0.25, -0.2) is 0 Å². The van der Waals surface area contributed by atoms with Crippen LogP contribution in [0.4, 0.5) is 0 Å². The molecular formula is C10H16O2. The van der Waals surface area contributed by atoms with Gasteiger partial charge in [-0.15, -0.1) is 6.58 Å². The fourth-order valence-corrected chi connectivity index (χ4v) is 0.933. The third kappa shape index (κ3) is 3.01. The molecule has 1 atom stereocenters. The number of hydrogen-bond donors (Lipinski definition) is 1. The highest BCUT2D eigenvalue weighted by atomic mass is 16.3. The Hall–Kier alpha value is -0.890. The van der Waals surface area contributed by atoms with Crippen molar-refractivity contribution < 1.29 is 9.90 Å². The third-order valence-electron chi connectivity index (χ3n) is 1.93. The van der Waals surface area contributed by atoms with E-state index in [4.69, 9.17) is 0 Å². The number of aldehydes is 1. The summed E-state index contributed by atoms with van der Waals surface area (Å²) in [5, 5.41) is 9.90. The highest BCUT2D eigenvalue weighted by Crippen LogP contribution is 2.22. The first-order chi connectivity index (χ1) is 5.56. The molecule has 12 heavy (non-hydrogen) atoms. The number of hydrogen-bond acceptors (Lipinski definition) is 2. The molecule has 2 nitrogen and oxygen atoms in total. The van der Waals surface area contributed by atoms with Crippen molar-refractivity contribution in [3.8, 4) is 0 Å². The molecule has 0 aromatic carbocycles. The van der Waals surface area contributed by atoms with Crippen LogP contribution in [-0.4, -0.2) is 17.0 Å². The molecule has 0 saturated heterocycles. The first-order valence-electron chi connectivity index (χ1n) is 4.03. The molecule has 0 aromatic rings. The lowest BCUT2D eigenvalue weighted by atomic mass is 9.87. The molecular weight excluding hydrogens is 152 g/mol. The Morgan fingerprint density at radius 3 is 2.50 bits per heavy atom. The Morgan fingerprint density at radius 1 is 1.58 bits per heavy atom. The van der Waals surface area contributed by atoms with Crippen LogP contribution >= 0.6 is 0 Å². The van der Waals surface area contributed by atoms with Crippen LogP contribution in [0.5, 0.6) is 0 Å². The van der Waals surface area contributed by atoms with Gasteiger partial charge in [-0.05, 0) is 24.5 Å². The highest BCUT2D eigenvalue weighted by molar-refractivity contribution is 5.65. The number of carbonyl (C=O) groups is 1. The Morgan fingerprint density at radius 2 is 2.17 bits per heavy atom. The van der Waals surface area contributed by atoms with E-state index in [-0.39, 0.29) is 5.92 Å². The summed E-state index contributed by atoms with van der Waals surface area (Å²) < 4.78 is 0. The van der Waals surface area contributed by atoms with Crippen LogP contribution in [0.1, 0.15) is 20.3 Å². The normalized spacial score (nSPS) is 16.3. The zero-order chi connectivity index (χ0) is 9.61. The van der Waals surface area contributed by atoms with Gasteiger partial charge < -0.3 is 5.11 Å². The van der Waals surface area contributed by atoms with Crippen molar-refractivity contribution in [2.75, 3.05) is 0 Å². The molecule has 0 rings (SSSR count). The Balaban J connectivity index is 4.48. The van der Waals surface area contributed by atoms with Gasteiger partial charge in [0, 0.05) is 0 Å². The highest BCUT2D eigenvalue weighted by Gasteiger charge is 2.25. The first-order valence-corrected chi connectivity index (χ1v) is 4.03. The van der Waals surface area contributed by atoms with Crippen LogP contribution < -0.4 is 0 Å². The minimum absolute atomic E-state index is 0.0756. The maximum absolute atomic E-state index is 10.1. The molecule has 1 N–H and O–H groups in total. The van der Waals surface area contributed by atoms with Crippen LogP contribution in [-0.2, 0) is 4.79 Å². The fraction of sp³-hybridized carbons (Fsp3) is 0.500. The van der Waals surface area contributed by atoms with Crippen molar-refractivity contribution in [3.05, 3.63) is 24.8 Å². The van der Waals surface area contributed by atoms with Crippen molar-refractivity contribution >= 4 is 6.29 Å². The monoisotopic (exact) mass is 168 g/mol. The van der Waals surface area contributed by atoms with Gasteiger partial charge in [0.25, 0.3) is 0 Å². The standard InChI is InChI=1S/C10H16O2/c1-4-6-10(12,9(2)3)7-5-8-11/h4-5,7-9,12H,1,6H2,2-3H3/b7-5+. The SMILES string of the molecule is C=CCC(O)(/C=C/C=O)C(C)C. The van der Waals surface area contributed by atoms with E-state index in [2.05, 4.69) is 6.58 Å². The summed E-state index contributed by atoms with van der Waals surface area (Å²) in [6.07, 6.45) is 5.62.